The summed E-state index contributed by atoms with van der Waals surface area (Å²) in [5.74, 6) is 0.511. The Labute approximate surface area is 105 Å². The summed E-state index contributed by atoms with van der Waals surface area (Å²) in [6.07, 6.45) is 0. The van der Waals surface area contributed by atoms with Gasteiger partial charge < -0.3 is 9.64 Å². The predicted molar refractivity (Wildman–Crippen MR) is 67.9 cm³/mol. The highest BCUT2D eigenvalue weighted by molar-refractivity contribution is 8.13. The van der Waals surface area contributed by atoms with E-state index in [-0.39, 0.29) is 11.0 Å². The largest absolute Gasteiger partial charge is 0.496 e. The first-order valence-electron chi connectivity index (χ1n) is 5.03. The van der Waals surface area contributed by atoms with Crippen molar-refractivity contribution in [1.29, 1.82) is 0 Å². The van der Waals surface area contributed by atoms with E-state index in [2.05, 4.69) is 0 Å². The van der Waals surface area contributed by atoms with Crippen molar-refractivity contribution >= 4 is 22.8 Å². The lowest BCUT2D eigenvalue weighted by Crippen LogP contribution is -2.16. The van der Waals surface area contributed by atoms with Crippen LogP contribution in [0.1, 0.15) is 17.3 Å². The molecule has 0 fully saturated rings. The molecule has 0 heterocycles. The number of ketones is 1. The van der Waals surface area contributed by atoms with Crippen LogP contribution < -0.4 is 4.74 Å². The molecule has 92 valence electrons. The fraction of sp³-hybridized carbons (Fsp3) is 0.333. The number of nitrogens with zero attached hydrogens (tertiary/aromatic N) is 1. The van der Waals surface area contributed by atoms with Gasteiger partial charge in [0.05, 0.1) is 12.0 Å². The average Bonchev–Trinajstić information content (AvgIpc) is 2.28. The third-order valence-corrected chi connectivity index (χ3v) is 3.23. The van der Waals surface area contributed by atoms with Crippen LogP contribution in [0.3, 0.4) is 0 Å². The van der Waals surface area contributed by atoms with Gasteiger partial charge in [0.25, 0.3) is 5.24 Å². The van der Waals surface area contributed by atoms with Crippen molar-refractivity contribution < 1.29 is 14.3 Å². The number of carbonyl (C=O) groups is 2. The highest BCUT2D eigenvalue weighted by Gasteiger charge is 2.13. The minimum atomic E-state index is -0.0844. The van der Waals surface area contributed by atoms with E-state index in [1.165, 1.54) is 18.9 Å². The van der Waals surface area contributed by atoms with Crippen LogP contribution in [0, 0.1) is 0 Å². The molecule has 1 aromatic rings. The van der Waals surface area contributed by atoms with Crippen LogP contribution >= 0.6 is 11.8 Å². The first kappa shape index (κ1) is 13.6. The normalized spacial score (nSPS) is 9.88. The molecule has 0 spiro atoms. The van der Waals surface area contributed by atoms with Crippen molar-refractivity contribution in [3.63, 3.8) is 0 Å². The molecule has 0 N–H and O–H groups in total. The quantitative estimate of drug-likeness (QED) is 0.613. The number of ether oxygens (including phenoxy) is 1. The molecule has 0 aliphatic rings. The minimum absolute atomic E-state index is 0.0289. The molecule has 1 amide bonds. The molecular formula is C12H15NO3S. The molecule has 0 bridgehead atoms. The van der Waals surface area contributed by atoms with Gasteiger partial charge in [0.2, 0.25) is 0 Å². The van der Waals surface area contributed by atoms with E-state index in [4.69, 9.17) is 4.74 Å². The van der Waals surface area contributed by atoms with E-state index in [1.807, 2.05) is 0 Å². The van der Waals surface area contributed by atoms with Gasteiger partial charge in [-0.2, -0.15) is 0 Å². The van der Waals surface area contributed by atoms with E-state index >= 15 is 0 Å². The lowest BCUT2D eigenvalue weighted by molar-refractivity contribution is 0.101. The van der Waals surface area contributed by atoms with Gasteiger partial charge in [-0.15, -0.1) is 0 Å². The SMILES string of the molecule is COc1cc(C(C)=O)ccc1SC(=O)N(C)C. The maximum absolute atomic E-state index is 11.6. The third kappa shape index (κ3) is 3.49. The van der Waals surface area contributed by atoms with Crippen LogP contribution in [0.25, 0.3) is 0 Å². The maximum atomic E-state index is 11.6. The van der Waals surface area contributed by atoms with Crippen LogP contribution in [-0.2, 0) is 0 Å². The summed E-state index contributed by atoms with van der Waals surface area (Å²) in [6.45, 7) is 1.49. The van der Waals surface area contributed by atoms with Crippen LogP contribution in [0.5, 0.6) is 5.75 Å². The number of carbonyl (C=O) groups excluding carboxylic acids is 2. The Morgan fingerprint density at radius 1 is 1.29 bits per heavy atom. The number of methoxy groups -OCH3 is 1. The number of Topliss-reactive ketones (excluding diaryl/α,β-unsaturated/α-hetero) is 1. The zero-order chi connectivity index (χ0) is 13.0. The van der Waals surface area contributed by atoms with E-state index in [0.717, 1.165) is 11.8 Å². The van der Waals surface area contributed by atoms with Crippen molar-refractivity contribution in [2.45, 2.75) is 11.8 Å². The average molecular weight is 253 g/mol. The fourth-order valence-corrected chi connectivity index (χ4v) is 1.91. The molecule has 0 aliphatic carbocycles. The Balaban J connectivity index is 3.01. The van der Waals surface area contributed by atoms with Crippen molar-refractivity contribution in [3.05, 3.63) is 23.8 Å². The van der Waals surface area contributed by atoms with Crippen molar-refractivity contribution in [2.75, 3.05) is 21.2 Å². The van der Waals surface area contributed by atoms with Gasteiger partial charge >= 0.3 is 0 Å². The number of amides is 1. The lowest BCUT2D eigenvalue weighted by Gasteiger charge is -2.12. The van der Waals surface area contributed by atoms with Crippen molar-refractivity contribution in [1.82, 2.24) is 4.90 Å². The molecule has 0 saturated heterocycles. The Kier molecular flexibility index (Phi) is 4.57. The van der Waals surface area contributed by atoms with E-state index in [0.29, 0.717) is 16.2 Å². The van der Waals surface area contributed by atoms with Gasteiger partial charge in [-0.1, -0.05) is 6.07 Å². The molecule has 0 aliphatic heterocycles. The zero-order valence-electron chi connectivity index (χ0n) is 10.3. The van der Waals surface area contributed by atoms with Crippen LogP contribution in [0.2, 0.25) is 0 Å². The minimum Gasteiger partial charge on any atom is -0.496 e. The van der Waals surface area contributed by atoms with Crippen molar-refractivity contribution in [3.8, 4) is 5.75 Å². The van der Waals surface area contributed by atoms with E-state index in [9.17, 15) is 9.59 Å². The summed E-state index contributed by atoms with van der Waals surface area (Å²) in [6, 6.07) is 5.06. The van der Waals surface area contributed by atoms with Crippen molar-refractivity contribution in [2.24, 2.45) is 0 Å². The second kappa shape index (κ2) is 5.72. The molecule has 0 saturated carbocycles. The summed E-state index contributed by atoms with van der Waals surface area (Å²) < 4.78 is 5.17. The molecular weight excluding hydrogens is 238 g/mol. The molecule has 0 radical (unpaired) electrons. The van der Waals surface area contributed by atoms with Gasteiger partial charge in [-0.05, 0) is 30.8 Å². The molecule has 0 aromatic heterocycles. The first-order chi connectivity index (χ1) is 7.95. The van der Waals surface area contributed by atoms with Crippen LogP contribution in [-0.4, -0.2) is 37.1 Å². The molecule has 17 heavy (non-hydrogen) atoms. The first-order valence-corrected chi connectivity index (χ1v) is 5.85. The number of thioether (sulfide) groups is 1. The van der Waals surface area contributed by atoms with Gasteiger partial charge in [0.1, 0.15) is 5.75 Å². The smallest absolute Gasteiger partial charge is 0.286 e. The Bertz CT molecular complexity index is 443. The standard InChI is InChI=1S/C12H15NO3S/c1-8(14)9-5-6-11(10(7-9)16-4)17-12(15)13(2)3/h5-7H,1-4H3. The maximum Gasteiger partial charge on any atom is 0.286 e. The van der Waals surface area contributed by atoms with Gasteiger partial charge in [-0.3, -0.25) is 9.59 Å². The van der Waals surface area contributed by atoms with Gasteiger partial charge in [-0.25, -0.2) is 0 Å². The van der Waals surface area contributed by atoms with Gasteiger partial charge in [0, 0.05) is 19.7 Å². The van der Waals surface area contributed by atoms with E-state index < -0.39 is 0 Å². The third-order valence-electron chi connectivity index (χ3n) is 2.13. The number of hydrogen-bond donors (Lipinski definition) is 0. The molecule has 1 aromatic carbocycles. The van der Waals surface area contributed by atoms with Gasteiger partial charge in [0.15, 0.2) is 5.78 Å². The summed E-state index contributed by atoms with van der Waals surface area (Å²) in [4.78, 5) is 25.0. The lowest BCUT2D eigenvalue weighted by atomic mass is 10.1. The molecule has 0 unspecified atom stereocenters. The Hall–Kier alpha value is -1.49. The summed E-state index contributed by atoms with van der Waals surface area (Å²) in [5.41, 5.74) is 0.573. The van der Waals surface area contributed by atoms with Crippen LogP contribution in [0.4, 0.5) is 4.79 Å². The number of benzene rings is 1. The molecule has 5 heteroatoms. The zero-order valence-corrected chi connectivity index (χ0v) is 11.1. The highest BCUT2D eigenvalue weighted by atomic mass is 32.2. The summed E-state index contributed by atoms with van der Waals surface area (Å²) >= 11 is 1.07. The Morgan fingerprint density at radius 2 is 1.94 bits per heavy atom. The number of hydrogen-bond acceptors (Lipinski definition) is 4. The summed E-state index contributed by atoms with van der Waals surface area (Å²) in [5, 5.41) is -0.0844. The highest BCUT2D eigenvalue weighted by Crippen LogP contribution is 2.31. The topological polar surface area (TPSA) is 46.6 Å². The predicted octanol–water partition coefficient (Wildman–Crippen LogP) is 2.67. The second-order valence-electron chi connectivity index (χ2n) is 3.68. The molecule has 1 rings (SSSR count). The second-order valence-corrected chi connectivity index (χ2v) is 4.68. The number of rotatable bonds is 3. The monoisotopic (exact) mass is 253 g/mol. The molecule has 4 nitrogen and oxygen atoms in total. The van der Waals surface area contributed by atoms with E-state index in [1.54, 1.807) is 32.3 Å². The van der Waals surface area contributed by atoms with Crippen LogP contribution in [0.15, 0.2) is 23.1 Å². The fourth-order valence-electron chi connectivity index (χ4n) is 1.16. The Morgan fingerprint density at radius 3 is 2.41 bits per heavy atom. The molecule has 0 atom stereocenters. The summed E-state index contributed by atoms with van der Waals surface area (Å²) in [7, 11) is 4.89.